The molecule has 0 bridgehead atoms. The quantitative estimate of drug-likeness (QED) is 0.491. The number of rotatable bonds is 0. The van der Waals surface area contributed by atoms with E-state index in [9.17, 15) is 0 Å². The van der Waals surface area contributed by atoms with Crippen LogP contribution in [-0.2, 0) is 4.74 Å². The van der Waals surface area contributed by atoms with Crippen molar-refractivity contribution in [2.75, 3.05) is 13.2 Å². The third-order valence-corrected chi connectivity index (χ3v) is 3.82. The van der Waals surface area contributed by atoms with Crippen LogP contribution in [0.2, 0.25) is 0 Å². The van der Waals surface area contributed by atoms with Gasteiger partial charge in [0.15, 0.2) is 0 Å². The van der Waals surface area contributed by atoms with Gasteiger partial charge in [-0.05, 0) is 25.7 Å². The van der Waals surface area contributed by atoms with Crippen molar-refractivity contribution in [2.24, 2.45) is 0 Å². The van der Waals surface area contributed by atoms with Gasteiger partial charge in [-0.2, -0.15) is 0 Å². The zero-order chi connectivity index (χ0) is 7.68. The smallest absolute Gasteiger partial charge is 0.0738 e. The van der Waals surface area contributed by atoms with Gasteiger partial charge in [0.25, 0.3) is 0 Å². The number of halogens is 1. The molecule has 0 unspecified atom stereocenters. The van der Waals surface area contributed by atoms with Crippen molar-refractivity contribution >= 4 is 22.9 Å². The van der Waals surface area contributed by atoms with Crippen LogP contribution in [0.5, 0.6) is 0 Å². The molecule has 64 valence electrons. The van der Waals surface area contributed by atoms with Crippen LogP contribution in [0.1, 0.15) is 25.7 Å². The topological polar surface area (TPSA) is 12.5 Å². The van der Waals surface area contributed by atoms with Crippen LogP contribution in [0.4, 0.5) is 0 Å². The van der Waals surface area contributed by atoms with Crippen LogP contribution in [0, 0.1) is 0 Å². The average Bonchev–Trinajstić information content (AvgIpc) is 2.40. The Labute approximate surface area is 81.8 Å². The maximum absolute atomic E-state index is 5.75. The van der Waals surface area contributed by atoms with E-state index in [1.807, 2.05) is 0 Å². The lowest BCUT2D eigenvalue weighted by Gasteiger charge is -2.23. The minimum absolute atomic E-state index is 0.550. The van der Waals surface area contributed by atoms with E-state index < -0.39 is 0 Å². The lowest BCUT2D eigenvalue weighted by Crippen LogP contribution is -2.32. The first-order chi connectivity index (χ1) is 5.38. The van der Waals surface area contributed by atoms with Crippen LogP contribution in [0.15, 0.2) is 0 Å². The largest absolute Gasteiger partial charge is 0.377 e. The summed E-state index contributed by atoms with van der Waals surface area (Å²) in [6.07, 6.45) is 5.73. The molecule has 2 nitrogen and oxygen atoms in total. The highest BCUT2D eigenvalue weighted by Gasteiger charge is 2.33. The summed E-state index contributed by atoms with van der Waals surface area (Å²) in [4.78, 5) is 0. The van der Waals surface area contributed by atoms with Crippen molar-refractivity contribution in [1.82, 2.24) is 3.11 Å². The number of nitrogens with zero attached hydrogens (tertiary/aromatic N) is 1. The molecule has 0 radical (unpaired) electrons. The van der Waals surface area contributed by atoms with E-state index in [0.717, 1.165) is 12.6 Å². The Morgan fingerprint density at radius 1 is 1.27 bits per heavy atom. The van der Waals surface area contributed by atoms with E-state index >= 15 is 0 Å². The standard InChI is InChI=1S/C8H14INO/c9-10-5-2-6-11-8-4-1-3-7(8)10/h7-8H,1-6H2/t7-,8+/m0/s1. The second-order valence-electron chi connectivity index (χ2n) is 3.38. The van der Waals surface area contributed by atoms with Crippen molar-refractivity contribution in [3.63, 3.8) is 0 Å². The van der Waals surface area contributed by atoms with Gasteiger partial charge in [0.1, 0.15) is 0 Å². The molecule has 1 saturated heterocycles. The van der Waals surface area contributed by atoms with Crippen molar-refractivity contribution in [1.29, 1.82) is 0 Å². The molecule has 3 heteroatoms. The van der Waals surface area contributed by atoms with Crippen LogP contribution in [0.3, 0.4) is 0 Å². The molecule has 1 aliphatic carbocycles. The second-order valence-corrected chi connectivity index (χ2v) is 4.62. The van der Waals surface area contributed by atoms with Crippen molar-refractivity contribution < 1.29 is 4.74 Å². The first kappa shape index (κ1) is 8.26. The average molecular weight is 267 g/mol. The minimum Gasteiger partial charge on any atom is -0.377 e. The van der Waals surface area contributed by atoms with Crippen molar-refractivity contribution in [3.8, 4) is 0 Å². The third kappa shape index (κ3) is 1.70. The first-order valence-corrected chi connectivity index (χ1v) is 5.38. The Kier molecular flexibility index (Phi) is 2.69. The van der Waals surface area contributed by atoms with Gasteiger partial charge in [-0.1, -0.05) is 0 Å². The molecule has 0 amide bonds. The molecule has 1 aliphatic heterocycles. The van der Waals surface area contributed by atoms with Gasteiger partial charge in [-0.15, -0.1) is 0 Å². The van der Waals surface area contributed by atoms with Crippen LogP contribution < -0.4 is 0 Å². The third-order valence-electron chi connectivity index (χ3n) is 2.63. The lowest BCUT2D eigenvalue weighted by atomic mass is 10.2. The van der Waals surface area contributed by atoms with E-state index in [0.29, 0.717) is 6.10 Å². The molecule has 2 fully saturated rings. The Morgan fingerprint density at radius 3 is 3.09 bits per heavy atom. The summed E-state index contributed by atoms with van der Waals surface area (Å²) in [6, 6.07) is 0.720. The highest BCUT2D eigenvalue weighted by Crippen LogP contribution is 2.30. The first-order valence-electron chi connectivity index (χ1n) is 4.42. The lowest BCUT2D eigenvalue weighted by molar-refractivity contribution is 0.0498. The molecule has 0 spiro atoms. The van der Waals surface area contributed by atoms with Crippen LogP contribution >= 0.6 is 22.9 Å². The number of ether oxygens (including phenoxy) is 1. The van der Waals surface area contributed by atoms with Gasteiger partial charge in [-0.25, -0.2) is 3.11 Å². The van der Waals surface area contributed by atoms with Gasteiger partial charge in [0.05, 0.1) is 6.10 Å². The molecule has 1 heterocycles. The maximum Gasteiger partial charge on any atom is 0.0738 e. The summed E-state index contributed by atoms with van der Waals surface area (Å²) in [6.45, 7) is 2.18. The van der Waals surface area contributed by atoms with Crippen LogP contribution in [0.25, 0.3) is 0 Å². The van der Waals surface area contributed by atoms with Crippen molar-refractivity contribution in [2.45, 2.75) is 37.8 Å². The number of fused-ring (bicyclic) bond motifs is 1. The Hall–Kier alpha value is 0.650. The molecule has 2 atom stereocenters. The monoisotopic (exact) mass is 267 g/mol. The Bertz CT molecular complexity index is 142. The predicted octanol–water partition coefficient (Wildman–Crippen LogP) is 1.98. The minimum atomic E-state index is 0.550. The van der Waals surface area contributed by atoms with E-state index in [4.69, 9.17) is 4.74 Å². The zero-order valence-electron chi connectivity index (χ0n) is 6.63. The highest BCUT2D eigenvalue weighted by atomic mass is 127. The summed E-state index contributed by atoms with van der Waals surface area (Å²) in [5.74, 6) is 0. The summed E-state index contributed by atoms with van der Waals surface area (Å²) in [5, 5.41) is 0. The summed E-state index contributed by atoms with van der Waals surface area (Å²) in [7, 11) is 0. The van der Waals surface area contributed by atoms with Gasteiger partial charge >= 0.3 is 0 Å². The van der Waals surface area contributed by atoms with E-state index in [-0.39, 0.29) is 0 Å². The van der Waals surface area contributed by atoms with E-state index in [1.165, 1.54) is 32.2 Å². The fraction of sp³-hybridized carbons (Fsp3) is 1.00. The Balaban J connectivity index is 2.03. The highest BCUT2D eigenvalue weighted by molar-refractivity contribution is 14.1. The molecule has 2 rings (SSSR count). The van der Waals surface area contributed by atoms with Crippen LogP contribution in [-0.4, -0.2) is 28.4 Å². The zero-order valence-corrected chi connectivity index (χ0v) is 8.79. The molecule has 11 heavy (non-hydrogen) atoms. The molecule has 2 aliphatic rings. The Morgan fingerprint density at radius 2 is 2.18 bits per heavy atom. The fourth-order valence-electron chi connectivity index (χ4n) is 2.04. The van der Waals surface area contributed by atoms with E-state index in [2.05, 4.69) is 26.0 Å². The molecular formula is C8H14INO. The molecule has 0 aromatic rings. The van der Waals surface area contributed by atoms with Gasteiger partial charge < -0.3 is 4.74 Å². The molecular weight excluding hydrogens is 253 g/mol. The number of hydrogen-bond acceptors (Lipinski definition) is 2. The number of hydrogen-bond donors (Lipinski definition) is 0. The van der Waals surface area contributed by atoms with Gasteiger partial charge in [0, 0.05) is 42.1 Å². The van der Waals surface area contributed by atoms with Gasteiger partial charge in [-0.3, -0.25) is 0 Å². The van der Waals surface area contributed by atoms with Crippen molar-refractivity contribution in [3.05, 3.63) is 0 Å². The predicted molar refractivity (Wildman–Crippen MR) is 52.7 cm³/mol. The second kappa shape index (κ2) is 3.58. The SMILES string of the molecule is IN1CCCO[C@@H]2CCC[C@@H]21. The molecule has 0 aromatic carbocycles. The molecule has 1 saturated carbocycles. The summed E-state index contributed by atoms with van der Waals surface area (Å²) in [5.41, 5.74) is 0. The summed E-state index contributed by atoms with van der Waals surface area (Å²) < 4.78 is 8.20. The fourth-order valence-corrected chi connectivity index (χ4v) is 3.02. The van der Waals surface area contributed by atoms with Gasteiger partial charge in [0.2, 0.25) is 0 Å². The van der Waals surface area contributed by atoms with E-state index in [1.54, 1.807) is 0 Å². The molecule has 0 aromatic heterocycles. The molecule has 0 N–H and O–H groups in total. The maximum atomic E-state index is 5.75. The normalized spacial score (nSPS) is 40.1. The summed E-state index contributed by atoms with van der Waals surface area (Å²) >= 11 is 2.45.